The van der Waals surface area contributed by atoms with Gasteiger partial charge in [0.15, 0.2) is 5.82 Å². The molecule has 0 aliphatic carbocycles. The second kappa shape index (κ2) is 8.53. The number of methoxy groups -OCH3 is 1. The van der Waals surface area contributed by atoms with Crippen molar-refractivity contribution in [3.05, 3.63) is 52.5 Å². The first-order chi connectivity index (χ1) is 13.4. The van der Waals surface area contributed by atoms with Gasteiger partial charge < -0.3 is 15.9 Å². The maximum atomic E-state index is 12.4. The van der Waals surface area contributed by atoms with Crippen LogP contribution in [0.25, 0.3) is 11.4 Å². The van der Waals surface area contributed by atoms with Gasteiger partial charge in [-0.05, 0) is 31.5 Å². The molecule has 3 N–H and O–H groups in total. The lowest BCUT2D eigenvalue weighted by molar-refractivity contribution is -0.113. The summed E-state index contributed by atoms with van der Waals surface area (Å²) in [5.74, 6) is 7.05. The van der Waals surface area contributed by atoms with E-state index >= 15 is 0 Å². The number of halogens is 1. The van der Waals surface area contributed by atoms with Crippen molar-refractivity contribution in [3.63, 3.8) is 0 Å². The number of nitrogens with two attached hydrogens (primary N) is 1. The summed E-state index contributed by atoms with van der Waals surface area (Å²) in [7, 11) is 1.52. The molecule has 1 aromatic heterocycles. The smallest absolute Gasteiger partial charge is 0.234 e. The Morgan fingerprint density at radius 3 is 2.79 bits per heavy atom. The number of carbonyl (C=O) groups excluding carboxylic acids is 1. The number of nitrogens with one attached hydrogen (secondary N) is 1. The number of anilines is 1. The van der Waals surface area contributed by atoms with E-state index < -0.39 is 0 Å². The number of aryl methyl sites for hydroxylation is 2. The standard InChI is InChI=1S/C19H20ClN5O2S/c1-11-5-4-6-13(7-11)18-23-24-19(25(18)21)28-10-17(26)22-15-8-12(2)14(20)9-16(15)27-3/h4-9H,10,21H2,1-3H3,(H,22,26). The molecule has 146 valence electrons. The predicted octanol–water partition coefficient (Wildman–Crippen LogP) is 3.67. The number of benzene rings is 2. The second-order valence-electron chi connectivity index (χ2n) is 6.18. The third-order valence-corrected chi connectivity index (χ3v) is 5.38. The number of rotatable bonds is 6. The number of carbonyl (C=O) groups is 1. The number of aromatic nitrogens is 3. The fraction of sp³-hybridized carbons (Fsp3) is 0.211. The van der Waals surface area contributed by atoms with Gasteiger partial charge in [-0.25, -0.2) is 4.68 Å². The van der Waals surface area contributed by atoms with E-state index in [9.17, 15) is 4.79 Å². The van der Waals surface area contributed by atoms with Crippen LogP contribution in [0.4, 0.5) is 5.69 Å². The van der Waals surface area contributed by atoms with Crippen molar-refractivity contribution in [2.75, 3.05) is 24.0 Å². The van der Waals surface area contributed by atoms with E-state index in [-0.39, 0.29) is 11.7 Å². The molecule has 28 heavy (non-hydrogen) atoms. The molecule has 0 aliphatic rings. The molecule has 3 aromatic rings. The van der Waals surface area contributed by atoms with Crippen molar-refractivity contribution in [1.82, 2.24) is 14.9 Å². The van der Waals surface area contributed by atoms with Crippen LogP contribution in [0.15, 0.2) is 41.6 Å². The molecule has 1 heterocycles. The van der Waals surface area contributed by atoms with Crippen molar-refractivity contribution in [2.45, 2.75) is 19.0 Å². The van der Waals surface area contributed by atoms with Gasteiger partial charge >= 0.3 is 0 Å². The fourth-order valence-electron chi connectivity index (χ4n) is 2.60. The van der Waals surface area contributed by atoms with E-state index in [0.29, 0.717) is 27.4 Å². The Bertz CT molecular complexity index is 1020. The van der Waals surface area contributed by atoms with E-state index in [1.807, 2.05) is 38.1 Å². The van der Waals surface area contributed by atoms with Crippen LogP contribution in [-0.4, -0.2) is 33.6 Å². The third kappa shape index (κ3) is 4.40. The Balaban J connectivity index is 1.68. The molecule has 0 spiro atoms. The molecule has 1 amide bonds. The number of ether oxygens (including phenoxy) is 1. The van der Waals surface area contributed by atoms with E-state index in [1.54, 1.807) is 12.1 Å². The summed E-state index contributed by atoms with van der Waals surface area (Å²) >= 11 is 7.29. The van der Waals surface area contributed by atoms with Crippen LogP contribution in [0, 0.1) is 13.8 Å². The molecule has 0 atom stereocenters. The topological polar surface area (TPSA) is 95.1 Å². The Kier molecular flexibility index (Phi) is 6.11. The molecule has 7 nitrogen and oxygen atoms in total. The second-order valence-corrected chi connectivity index (χ2v) is 7.53. The largest absolute Gasteiger partial charge is 0.495 e. The SMILES string of the molecule is COc1cc(Cl)c(C)cc1NC(=O)CSc1nnc(-c2cccc(C)c2)n1N. The first kappa shape index (κ1) is 20.0. The van der Waals surface area contributed by atoms with Crippen LogP contribution in [0.3, 0.4) is 0 Å². The number of nitrogens with zero attached hydrogens (tertiary/aromatic N) is 3. The highest BCUT2D eigenvalue weighted by Gasteiger charge is 2.15. The summed E-state index contributed by atoms with van der Waals surface area (Å²) in [6.07, 6.45) is 0. The van der Waals surface area contributed by atoms with Gasteiger partial charge in [0.05, 0.1) is 18.6 Å². The molecule has 0 saturated carbocycles. The number of thioether (sulfide) groups is 1. The number of hydrogen-bond donors (Lipinski definition) is 2. The van der Waals surface area contributed by atoms with Gasteiger partial charge in [-0.2, -0.15) is 0 Å². The van der Waals surface area contributed by atoms with Gasteiger partial charge in [-0.3, -0.25) is 4.79 Å². The molecule has 2 aromatic carbocycles. The van der Waals surface area contributed by atoms with Gasteiger partial charge in [-0.1, -0.05) is 47.1 Å². The van der Waals surface area contributed by atoms with Crippen molar-refractivity contribution >= 4 is 35.0 Å². The molecule has 0 aliphatic heterocycles. The van der Waals surface area contributed by atoms with Crippen molar-refractivity contribution in [1.29, 1.82) is 0 Å². The zero-order chi connectivity index (χ0) is 20.3. The van der Waals surface area contributed by atoms with Crippen LogP contribution in [0.5, 0.6) is 5.75 Å². The van der Waals surface area contributed by atoms with E-state index in [2.05, 4.69) is 15.5 Å². The van der Waals surface area contributed by atoms with Gasteiger partial charge in [0.25, 0.3) is 0 Å². The van der Waals surface area contributed by atoms with E-state index in [1.165, 1.54) is 23.5 Å². The Hall–Kier alpha value is -2.71. The van der Waals surface area contributed by atoms with Gasteiger partial charge in [0.1, 0.15) is 5.75 Å². The average Bonchev–Trinajstić information content (AvgIpc) is 3.03. The molecular formula is C19H20ClN5O2S. The van der Waals surface area contributed by atoms with Gasteiger partial charge in [-0.15, -0.1) is 10.2 Å². The molecule has 0 radical (unpaired) electrons. The molecule has 3 rings (SSSR count). The monoisotopic (exact) mass is 417 g/mol. The van der Waals surface area contributed by atoms with Crippen LogP contribution in [0.2, 0.25) is 5.02 Å². The minimum atomic E-state index is -0.217. The summed E-state index contributed by atoms with van der Waals surface area (Å²) < 4.78 is 6.66. The maximum Gasteiger partial charge on any atom is 0.234 e. The minimum absolute atomic E-state index is 0.119. The summed E-state index contributed by atoms with van der Waals surface area (Å²) in [5, 5.41) is 12.1. The lowest BCUT2D eigenvalue weighted by Crippen LogP contribution is -2.17. The highest BCUT2D eigenvalue weighted by atomic mass is 35.5. The summed E-state index contributed by atoms with van der Waals surface area (Å²) in [5.41, 5.74) is 3.37. The Morgan fingerprint density at radius 1 is 1.29 bits per heavy atom. The van der Waals surface area contributed by atoms with Crippen molar-refractivity contribution in [3.8, 4) is 17.1 Å². The Morgan fingerprint density at radius 2 is 2.07 bits per heavy atom. The highest BCUT2D eigenvalue weighted by Crippen LogP contribution is 2.31. The lowest BCUT2D eigenvalue weighted by Gasteiger charge is -2.12. The van der Waals surface area contributed by atoms with Gasteiger partial charge in [0.2, 0.25) is 11.1 Å². The van der Waals surface area contributed by atoms with Crippen LogP contribution in [0.1, 0.15) is 11.1 Å². The zero-order valence-electron chi connectivity index (χ0n) is 15.7. The van der Waals surface area contributed by atoms with E-state index in [4.69, 9.17) is 22.2 Å². The first-order valence-electron chi connectivity index (χ1n) is 8.43. The fourth-order valence-corrected chi connectivity index (χ4v) is 3.41. The van der Waals surface area contributed by atoms with Crippen LogP contribution < -0.4 is 15.9 Å². The minimum Gasteiger partial charge on any atom is -0.495 e. The number of amides is 1. The molecule has 9 heteroatoms. The zero-order valence-corrected chi connectivity index (χ0v) is 17.3. The van der Waals surface area contributed by atoms with Gasteiger partial charge in [0, 0.05) is 16.7 Å². The highest BCUT2D eigenvalue weighted by molar-refractivity contribution is 7.99. The number of nitrogen functional groups attached to an aromatic ring is 1. The maximum absolute atomic E-state index is 12.4. The van der Waals surface area contributed by atoms with Crippen LogP contribution >= 0.6 is 23.4 Å². The normalized spacial score (nSPS) is 10.7. The van der Waals surface area contributed by atoms with Crippen molar-refractivity contribution < 1.29 is 9.53 Å². The summed E-state index contributed by atoms with van der Waals surface area (Å²) in [6.45, 7) is 3.85. The summed E-state index contributed by atoms with van der Waals surface area (Å²) in [6, 6.07) is 11.3. The molecule has 0 bridgehead atoms. The average molecular weight is 418 g/mol. The molecular weight excluding hydrogens is 398 g/mol. The molecule has 0 fully saturated rings. The van der Waals surface area contributed by atoms with Crippen LogP contribution in [-0.2, 0) is 4.79 Å². The van der Waals surface area contributed by atoms with Crippen molar-refractivity contribution in [2.24, 2.45) is 0 Å². The Labute approximate surface area is 172 Å². The summed E-state index contributed by atoms with van der Waals surface area (Å²) in [4.78, 5) is 12.4. The predicted molar refractivity (Wildman–Crippen MR) is 112 cm³/mol. The van der Waals surface area contributed by atoms with E-state index in [0.717, 1.165) is 16.7 Å². The quantitative estimate of drug-likeness (QED) is 0.469. The molecule has 0 unspecified atom stereocenters. The molecule has 0 saturated heterocycles. The lowest BCUT2D eigenvalue weighted by atomic mass is 10.1. The number of hydrogen-bond acceptors (Lipinski definition) is 6. The first-order valence-corrected chi connectivity index (χ1v) is 9.79. The third-order valence-electron chi connectivity index (χ3n) is 4.03.